The van der Waals surface area contributed by atoms with Crippen LogP contribution < -0.4 is 5.32 Å². The fourth-order valence-electron chi connectivity index (χ4n) is 3.47. The molecule has 1 aromatic rings. The lowest BCUT2D eigenvalue weighted by molar-refractivity contribution is 0.333. The van der Waals surface area contributed by atoms with Crippen molar-refractivity contribution in [2.24, 2.45) is 5.92 Å². The van der Waals surface area contributed by atoms with Crippen molar-refractivity contribution in [1.82, 2.24) is 9.62 Å². The highest BCUT2D eigenvalue weighted by Crippen LogP contribution is 2.41. The number of aryl methyl sites for hydroxylation is 1. The summed E-state index contributed by atoms with van der Waals surface area (Å²) >= 11 is 1.59. The van der Waals surface area contributed by atoms with Crippen molar-refractivity contribution in [3.05, 3.63) is 15.8 Å². The van der Waals surface area contributed by atoms with Crippen molar-refractivity contribution >= 4 is 21.4 Å². The van der Waals surface area contributed by atoms with Crippen LogP contribution in [0.4, 0.5) is 0 Å². The minimum absolute atomic E-state index is 0.247. The van der Waals surface area contributed by atoms with E-state index in [0.717, 1.165) is 35.7 Å². The number of sulfonamides is 1. The van der Waals surface area contributed by atoms with E-state index in [0.29, 0.717) is 16.9 Å². The van der Waals surface area contributed by atoms with Gasteiger partial charge in [-0.15, -0.1) is 11.3 Å². The SMILES string of the molecule is Cc1sc(CNC(C)C)cc1S(=O)(=O)N1CC2CCC1C2. The zero-order valence-corrected chi connectivity index (χ0v) is 14.6. The van der Waals surface area contributed by atoms with Gasteiger partial charge in [0.05, 0.1) is 4.90 Å². The molecule has 4 nitrogen and oxygen atoms in total. The van der Waals surface area contributed by atoms with Crippen molar-refractivity contribution in [3.8, 4) is 0 Å². The number of piperidine rings is 1. The van der Waals surface area contributed by atoms with Crippen LogP contribution >= 0.6 is 11.3 Å². The van der Waals surface area contributed by atoms with E-state index in [4.69, 9.17) is 0 Å². The summed E-state index contributed by atoms with van der Waals surface area (Å²) in [6.07, 6.45) is 3.29. The summed E-state index contributed by atoms with van der Waals surface area (Å²) < 4.78 is 27.6. The van der Waals surface area contributed by atoms with Gasteiger partial charge in [-0.25, -0.2) is 8.42 Å². The number of thiophene rings is 1. The number of nitrogens with one attached hydrogen (secondary N) is 1. The number of hydrogen-bond donors (Lipinski definition) is 1. The molecule has 118 valence electrons. The molecular weight excluding hydrogens is 304 g/mol. The normalized spacial score (nSPS) is 26.1. The van der Waals surface area contributed by atoms with Gasteiger partial charge in [-0.2, -0.15) is 4.31 Å². The first-order valence-corrected chi connectivity index (χ1v) is 9.98. The summed E-state index contributed by atoms with van der Waals surface area (Å²) in [6.45, 7) is 7.58. The Hall–Kier alpha value is -0.430. The zero-order chi connectivity index (χ0) is 15.2. The van der Waals surface area contributed by atoms with E-state index < -0.39 is 10.0 Å². The lowest BCUT2D eigenvalue weighted by Gasteiger charge is -2.26. The zero-order valence-electron chi connectivity index (χ0n) is 12.9. The number of fused-ring (bicyclic) bond motifs is 2. The molecule has 2 atom stereocenters. The van der Waals surface area contributed by atoms with Gasteiger partial charge in [0.15, 0.2) is 0 Å². The second kappa shape index (κ2) is 5.65. The summed E-state index contributed by atoms with van der Waals surface area (Å²) in [4.78, 5) is 2.54. The van der Waals surface area contributed by atoms with E-state index in [-0.39, 0.29) is 6.04 Å². The molecule has 1 saturated heterocycles. The number of rotatable bonds is 5. The lowest BCUT2D eigenvalue weighted by Crippen LogP contribution is -2.37. The van der Waals surface area contributed by atoms with Gasteiger partial charge in [-0.1, -0.05) is 13.8 Å². The molecule has 1 aliphatic heterocycles. The first-order valence-electron chi connectivity index (χ1n) is 7.72. The first kappa shape index (κ1) is 15.5. The molecule has 0 amide bonds. The standard InChI is InChI=1S/C15H24N2O2S2/c1-10(2)16-8-14-7-15(11(3)20-14)21(18,19)17-9-12-4-5-13(17)6-12/h7,10,12-13,16H,4-6,8-9H2,1-3H3. The average molecular weight is 329 g/mol. The monoisotopic (exact) mass is 328 g/mol. The van der Waals surface area contributed by atoms with Crippen LogP contribution in [0.15, 0.2) is 11.0 Å². The molecule has 2 aliphatic rings. The van der Waals surface area contributed by atoms with Gasteiger partial charge >= 0.3 is 0 Å². The fraction of sp³-hybridized carbons (Fsp3) is 0.733. The van der Waals surface area contributed by atoms with Crippen molar-refractivity contribution in [2.45, 2.75) is 63.6 Å². The summed E-state index contributed by atoms with van der Waals surface area (Å²) in [6, 6.07) is 2.52. The molecule has 0 spiro atoms. The van der Waals surface area contributed by atoms with Crippen LogP contribution in [-0.4, -0.2) is 31.4 Å². The Morgan fingerprint density at radius 2 is 2.19 bits per heavy atom. The van der Waals surface area contributed by atoms with Crippen LogP contribution in [0, 0.1) is 12.8 Å². The second-order valence-electron chi connectivity index (χ2n) is 6.58. The molecule has 1 N–H and O–H groups in total. The van der Waals surface area contributed by atoms with Crippen molar-refractivity contribution in [3.63, 3.8) is 0 Å². The largest absolute Gasteiger partial charge is 0.310 e. The highest BCUT2D eigenvalue weighted by Gasteiger charge is 2.44. The van der Waals surface area contributed by atoms with E-state index in [9.17, 15) is 8.42 Å². The van der Waals surface area contributed by atoms with Gasteiger partial charge in [0, 0.05) is 34.9 Å². The molecular formula is C15H24N2O2S2. The Kier molecular flexibility index (Phi) is 4.16. The first-order chi connectivity index (χ1) is 9.88. The maximum atomic E-state index is 12.9. The smallest absolute Gasteiger partial charge is 0.244 e. The molecule has 6 heteroatoms. The molecule has 2 unspecified atom stereocenters. The molecule has 2 heterocycles. The van der Waals surface area contributed by atoms with Gasteiger partial charge in [0.1, 0.15) is 0 Å². The van der Waals surface area contributed by atoms with Gasteiger partial charge in [-0.3, -0.25) is 0 Å². The maximum Gasteiger partial charge on any atom is 0.244 e. The maximum absolute atomic E-state index is 12.9. The highest BCUT2D eigenvalue weighted by atomic mass is 32.2. The quantitative estimate of drug-likeness (QED) is 0.904. The highest BCUT2D eigenvalue weighted by molar-refractivity contribution is 7.89. The Morgan fingerprint density at radius 3 is 2.76 bits per heavy atom. The molecule has 2 bridgehead atoms. The van der Waals surface area contributed by atoms with E-state index in [1.54, 1.807) is 15.6 Å². The van der Waals surface area contributed by atoms with Crippen LogP contribution in [-0.2, 0) is 16.6 Å². The van der Waals surface area contributed by atoms with E-state index in [1.807, 2.05) is 13.0 Å². The van der Waals surface area contributed by atoms with Gasteiger partial charge in [-0.05, 0) is 38.2 Å². The average Bonchev–Trinajstić information content (AvgIpc) is 3.10. The molecule has 1 aliphatic carbocycles. The van der Waals surface area contributed by atoms with Crippen LogP contribution in [0.25, 0.3) is 0 Å². The van der Waals surface area contributed by atoms with Crippen LogP contribution in [0.3, 0.4) is 0 Å². The molecule has 0 radical (unpaired) electrons. The summed E-state index contributed by atoms with van der Waals surface area (Å²) in [5, 5.41) is 3.35. The lowest BCUT2D eigenvalue weighted by atomic mass is 10.1. The van der Waals surface area contributed by atoms with Crippen LogP contribution in [0.1, 0.15) is 42.9 Å². The van der Waals surface area contributed by atoms with Crippen molar-refractivity contribution in [1.29, 1.82) is 0 Å². The molecule has 1 saturated carbocycles. The number of nitrogens with zero attached hydrogens (tertiary/aromatic N) is 1. The van der Waals surface area contributed by atoms with Crippen molar-refractivity contribution < 1.29 is 8.42 Å². The fourth-order valence-corrected chi connectivity index (χ4v) is 6.77. The Morgan fingerprint density at radius 1 is 1.43 bits per heavy atom. The number of hydrogen-bond acceptors (Lipinski definition) is 4. The third kappa shape index (κ3) is 2.91. The molecule has 1 aromatic heterocycles. The Balaban J connectivity index is 1.82. The predicted octanol–water partition coefficient (Wildman–Crippen LogP) is 2.73. The minimum atomic E-state index is -3.30. The third-order valence-corrected chi connectivity index (χ3v) is 7.78. The van der Waals surface area contributed by atoms with Gasteiger partial charge in [0.2, 0.25) is 10.0 Å². The summed E-state index contributed by atoms with van der Waals surface area (Å²) in [5.74, 6) is 0.589. The molecule has 0 aromatic carbocycles. The molecule has 21 heavy (non-hydrogen) atoms. The Labute approximate surface area is 131 Å². The summed E-state index contributed by atoms with van der Waals surface area (Å²) in [5.41, 5.74) is 0. The van der Waals surface area contributed by atoms with E-state index in [2.05, 4.69) is 19.2 Å². The third-order valence-electron chi connectivity index (χ3n) is 4.55. The Bertz CT molecular complexity index is 622. The minimum Gasteiger partial charge on any atom is -0.310 e. The topological polar surface area (TPSA) is 49.4 Å². The van der Waals surface area contributed by atoms with Gasteiger partial charge < -0.3 is 5.32 Å². The molecule has 3 rings (SSSR count). The second-order valence-corrected chi connectivity index (χ2v) is 9.78. The van der Waals surface area contributed by atoms with E-state index in [1.165, 1.54) is 6.42 Å². The summed E-state index contributed by atoms with van der Waals surface area (Å²) in [7, 11) is -3.30. The van der Waals surface area contributed by atoms with Crippen LogP contribution in [0.5, 0.6) is 0 Å². The van der Waals surface area contributed by atoms with E-state index >= 15 is 0 Å². The predicted molar refractivity (Wildman–Crippen MR) is 86.1 cm³/mol. The van der Waals surface area contributed by atoms with Crippen LogP contribution in [0.2, 0.25) is 0 Å². The molecule has 2 fully saturated rings. The van der Waals surface area contributed by atoms with Crippen molar-refractivity contribution in [2.75, 3.05) is 6.54 Å². The van der Waals surface area contributed by atoms with Gasteiger partial charge in [0.25, 0.3) is 0 Å².